The standard InChI is InChI=1S/C24H29N5O3/c30-21-12-20(26-15-27-21)28-13-17-11-18(14-28)23(29-19(17)7-4-8-22(29)31)24(32)25-10-9-16-5-2-1-3-6-16/h1-3,5-6,12,15,17-19,23H,4,7-11,13-14H2,(H,25,32)(H,26,27,30)/t17-,18+,19+,23-/m1/s1. The highest BCUT2D eigenvalue weighted by Crippen LogP contribution is 2.42. The van der Waals surface area contributed by atoms with Gasteiger partial charge in [0.15, 0.2) is 0 Å². The van der Waals surface area contributed by atoms with Crippen LogP contribution in [0, 0.1) is 11.8 Å². The number of piperidine rings is 3. The molecule has 4 heterocycles. The minimum atomic E-state index is -0.468. The van der Waals surface area contributed by atoms with Crippen molar-refractivity contribution in [3.8, 4) is 0 Å². The van der Waals surface area contributed by atoms with Crippen LogP contribution in [0.2, 0.25) is 0 Å². The number of aromatic nitrogens is 2. The van der Waals surface area contributed by atoms with E-state index in [0.29, 0.717) is 25.3 Å². The summed E-state index contributed by atoms with van der Waals surface area (Å²) in [5.74, 6) is 0.979. The number of benzene rings is 1. The number of fused-ring (bicyclic) bond motifs is 4. The maximum atomic E-state index is 13.4. The SMILES string of the molecule is O=C(NCCc1ccccc1)[C@H]1[C@H]2C[C@H](CN(c3cc(=O)[nH]cn3)C2)[C@@H]2CCCC(=O)N21. The van der Waals surface area contributed by atoms with E-state index < -0.39 is 6.04 Å². The van der Waals surface area contributed by atoms with Crippen molar-refractivity contribution in [1.29, 1.82) is 0 Å². The molecule has 168 valence electrons. The third-order valence-electron chi connectivity index (χ3n) is 7.15. The van der Waals surface area contributed by atoms with E-state index >= 15 is 0 Å². The zero-order valence-electron chi connectivity index (χ0n) is 18.1. The number of carbonyl (C=O) groups is 2. The van der Waals surface area contributed by atoms with Crippen LogP contribution in [-0.4, -0.2) is 58.4 Å². The third kappa shape index (κ3) is 4.01. The zero-order chi connectivity index (χ0) is 22.1. The molecule has 1 aromatic carbocycles. The van der Waals surface area contributed by atoms with Gasteiger partial charge in [-0.1, -0.05) is 30.3 Å². The summed E-state index contributed by atoms with van der Waals surface area (Å²) in [5, 5.41) is 3.10. The normalized spacial score (nSPS) is 27.1. The average Bonchev–Trinajstić information content (AvgIpc) is 2.80. The van der Waals surface area contributed by atoms with Gasteiger partial charge in [0.05, 0.1) is 6.33 Å². The Morgan fingerprint density at radius 2 is 1.97 bits per heavy atom. The topological polar surface area (TPSA) is 98.4 Å². The van der Waals surface area contributed by atoms with Gasteiger partial charge in [0.1, 0.15) is 11.9 Å². The molecule has 32 heavy (non-hydrogen) atoms. The van der Waals surface area contributed by atoms with Crippen molar-refractivity contribution < 1.29 is 9.59 Å². The van der Waals surface area contributed by atoms with Crippen LogP contribution in [0.1, 0.15) is 31.2 Å². The van der Waals surface area contributed by atoms with Crippen LogP contribution in [-0.2, 0) is 16.0 Å². The number of nitrogens with one attached hydrogen (secondary N) is 2. The number of aromatic amines is 1. The molecule has 2 amide bonds. The third-order valence-corrected chi connectivity index (χ3v) is 7.15. The highest BCUT2D eigenvalue weighted by atomic mass is 16.2. The molecule has 2 bridgehead atoms. The lowest BCUT2D eigenvalue weighted by Gasteiger charge is -2.56. The molecule has 3 aliphatic heterocycles. The molecular formula is C24H29N5O3. The Balaban J connectivity index is 1.36. The van der Waals surface area contributed by atoms with Gasteiger partial charge in [-0.25, -0.2) is 4.98 Å². The van der Waals surface area contributed by atoms with Gasteiger partial charge in [0.25, 0.3) is 5.56 Å². The Morgan fingerprint density at radius 1 is 1.16 bits per heavy atom. The fourth-order valence-electron chi connectivity index (χ4n) is 5.79. The van der Waals surface area contributed by atoms with Gasteiger partial charge in [-0.3, -0.25) is 14.4 Å². The summed E-state index contributed by atoms with van der Waals surface area (Å²) >= 11 is 0. The molecule has 8 nitrogen and oxygen atoms in total. The summed E-state index contributed by atoms with van der Waals surface area (Å²) in [7, 11) is 0. The van der Waals surface area contributed by atoms with E-state index in [1.54, 1.807) is 0 Å². The summed E-state index contributed by atoms with van der Waals surface area (Å²) < 4.78 is 0. The fourth-order valence-corrected chi connectivity index (χ4v) is 5.79. The Kier molecular flexibility index (Phi) is 5.68. The lowest BCUT2D eigenvalue weighted by molar-refractivity contribution is -0.156. The van der Waals surface area contributed by atoms with Gasteiger partial charge in [0.2, 0.25) is 11.8 Å². The minimum absolute atomic E-state index is 0.0184. The van der Waals surface area contributed by atoms with Crippen molar-refractivity contribution in [3.05, 3.63) is 58.6 Å². The van der Waals surface area contributed by atoms with Crippen molar-refractivity contribution in [2.24, 2.45) is 11.8 Å². The molecule has 2 N–H and O–H groups in total. The molecule has 1 aromatic heterocycles. The van der Waals surface area contributed by atoms with Crippen molar-refractivity contribution in [2.75, 3.05) is 24.5 Å². The quantitative estimate of drug-likeness (QED) is 0.739. The number of rotatable bonds is 5. The van der Waals surface area contributed by atoms with Gasteiger partial charge >= 0.3 is 0 Å². The first-order valence-corrected chi connectivity index (χ1v) is 11.5. The maximum absolute atomic E-state index is 13.4. The number of nitrogens with zero attached hydrogens (tertiary/aromatic N) is 3. The largest absolute Gasteiger partial charge is 0.356 e. The van der Waals surface area contributed by atoms with Gasteiger partial charge in [-0.05, 0) is 37.2 Å². The number of hydrogen-bond donors (Lipinski definition) is 2. The molecule has 3 saturated heterocycles. The van der Waals surface area contributed by atoms with Gasteiger partial charge in [0, 0.05) is 44.1 Å². The number of hydrogen-bond acceptors (Lipinski definition) is 5. The molecular weight excluding hydrogens is 406 g/mol. The van der Waals surface area contributed by atoms with Crippen LogP contribution in [0.15, 0.2) is 47.5 Å². The summed E-state index contributed by atoms with van der Waals surface area (Å²) in [5.41, 5.74) is 0.989. The van der Waals surface area contributed by atoms with E-state index in [-0.39, 0.29) is 35.3 Å². The van der Waals surface area contributed by atoms with Gasteiger partial charge < -0.3 is 20.1 Å². The fraction of sp³-hybridized carbons (Fsp3) is 0.500. The van der Waals surface area contributed by atoms with Gasteiger partial charge in [-0.2, -0.15) is 0 Å². The van der Waals surface area contributed by atoms with Crippen molar-refractivity contribution >= 4 is 17.6 Å². The molecule has 0 saturated carbocycles. The zero-order valence-corrected chi connectivity index (χ0v) is 18.1. The number of carbonyl (C=O) groups excluding carboxylic acids is 2. The van der Waals surface area contributed by atoms with Crippen molar-refractivity contribution in [2.45, 2.75) is 44.2 Å². The Hall–Kier alpha value is -3.16. The van der Waals surface area contributed by atoms with E-state index in [1.165, 1.54) is 18.0 Å². The smallest absolute Gasteiger partial charge is 0.252 e. The van der Waals surface area contributed by atoms with Crippen LogP contribution in [0.4, 0.5) is 5.82 Å². The Bertz CT molecular complexity index is 1040. The molecule has 8 heteroatoms. The van der Waals surface area contributed by atoms with Gasteiger partial charge in [-0.15, -0.1) is 0 Å². The van der Waals surface area contributed by atoms with Crippen molar-refractivity contribution in [1.82, 2.24) is 20.2 Å². The number of H-pyrrole nitrogens is 1. The predicted octanol–water partition coefficient (Wildman–Crippen LogP) is 1.33. The van der Waals surface area contributed by atoms with E-state index in [1.807, 2.05) is 23.1 Å². The van der Waals surface area contributed by atoms with Crippen LogP contribution in [0.5, 0.6) is 0 Å². The molecule has 4 atom stereocenters. The molecule has 0 spiro atoms. The number of anilines is 1. The van der Waals surface area contributed by atoms with Crippen LogP contribution in [0.3, 0.4) is 0 Å². The highest BCUT2D eigenvalue weighted by molar-refractivity contribution is 5.89. The second kappa shape index (κ2) is 8.76. The molecule has 5 rings (SSSR count). The first-order chi connectivity index (χ1) is 15.6. The minimum Gasteiger partial charge on any atom is -0.356 e. The summed E-state index contributed by atoms with van der Waals surface area (Å²) in [6, 6.07) is 11.2. The van der Waals surface area contributed by atoms with E-state index in [4.69, 9.17) is 0 Å². The molecule has 2 aromatic rings. The molecule has 3 aliphatic rings. The Labute approximate surface area is 187 Å². The first-order valence-electron chi connectivity index (χ1n) is 11.5. The van der Waals surface area contributed by atoms with Crippen LogP contribution in [0.25, 0.3) is 0 Å². The lowest BCUT2D eigenvalue weighted by atomic mass is 9.71. The molecule has 3 fully saturated rings. The lowest BCUT2D eigenvalue weighted by Crippen LogP contribution is -2.68. The molecule has 0 aliphatic carbocycles. The summed E-state index contributed by atoms with van der Waals surface area (Å²) in [6.07, 6.45) is 5.41. The first kappa shape index (κ1) is 20.7. The molecule has 0 radical (unpaired) electrons. The van der Waals surface area contributed by atoms with Crippen LogP contribution >= 0.6 is 0 Å². The monoisotopic (exact) mass is 435 g/mol. The number of amides is 2. The van der Waals surface area contributed by atoms with E-state index in [2.05, 4.69) is 32.3 Å². The average molecular weight is 436 g/mol. The van der Waals surface area contributed by atoms with Crippen LogP contribution < -0.4 is 15.8 Å². The maximum Gasteiger partial charge on any atom is 0.252 e. The second-order valence-corrected chi connectivity index (χ2v) is 9.16. The second-order valence-electron chi connectivity index (χ2n) is 9.16. The summed E-state index contributed by atoms with van der Waals surface area (Å²) in [6.45, 7) is 1.91. The predicted molar refractivity (Wildman–Crippen MR) is 120 cm³/mol. The van der Waals surface area contributed by atoms with E-state index in [9.17, 15) is 14.4 Å². The highest BCUT2D eigenvalue weighted by Gasteiger charge is 2.52. The summed E-state index contributed by atoms with van der Waals surface area (Å²) in [4.78, 5) is 49.1. The Morgan fingerprint density at radius 3 is 2.78 bits per heavy atom. The van der Waals surface area contributed by atoms with E-state index in [0.717, 1.165) is 32.2 Å². The molecule has 0 unspecified atom stereocenters. The van der Waals surface area contributed by atoms with Crippen molar-refractivity contribution in [3.63, 3.8) is 0 Å².